The van der Waals surface area contributed by atoms with Gasteiger partial charge in [-0.15, -0.1) is 11.3 Å². The van der Waals surface area contributed by atoms with E-state index in [-0.39, 0.29) is 5.91 Å². The second-order valence-electron chi connectivity index (χ2n) is 7.30. The number of rotatable bonds is 4. The number of hydrogen-bond donors (Lipinski definition) is 2. The molecule has 0 radical (unpaired) electrons. The number of carbonyl (C=O) groups excluding carboxylic acids is 1. The van der Waals surface area contributed by atoms with E-state index in [2.05, 4.69) is 42.7 Å². The predicted molar refractivity (Wildman–Crippen MR) is 98.7 cm³/mol. The minimum Gasteiger partial charge on any atom is -0.321 e. The van der Waals surface area contributed by atoms with Crippen LogP contribution in [0.15, 0.2) is 29.6 Å². The van der Waals surface area contributed by atoms with Gasteiger partial charge >= 0.3 is 0 Å². The number of quaternary nitrogens is 1. The summed E-state index contributed by atoms with van der Waals surface area (Å²) in [7, 11) is 0. The number of aryl methyl sites for hydroxylation is 2. The van der Waals surface area contributed by atoms with Crippen LogP contribution in [0.1, 0.15) is 40.5 Å². The number of carbonyl (C=O) groups is 1. The summed E-state index contributed by atoms with van der Waals surface area (Å²) >= 11 is 1.89. The largest absolute Gasteiger partial charge is 0.321 e. The molecule has 1 aliphatic carbocycles. The normalized spacial score (nSPS) is 22.9. The van der Waals surface area contributed by atoms with Crippen LogP contribution in [-0.2, 0) is 11.2 Å². The van der Waals surface area contributed by atoms with Crippen LogP contribution in [0.2, 0.25) is 0 Å². The van der Waals surface area contributed by atoms with Crippen molar-refractivity contribution in [1.82, 2.24) is 0 Å². The number of benzene rings is 1. The first-order valence-electron chi connectivity index (χ1n) is 8.90. The van der Waals surface area contributed by atoms with Crippen LogP contribution >= 0.6 is 11.3 Å². The maximum atomic E-state index is 12.6. The summed E-state index contributed by atoms with van der Waals surface area (Å²) in [6.45, 7) is 5.83. The Morgan fingerprint density at radius 3 is 2.83 bits per heavy atom. The molecule has 1 unspecified atom stereocenters. The fraction of sp³-hybridized carbons (Fsp3) is 0.450. The van der Waals surface area contributed by atoms with Crippen molar-refractivity contribution < 1.29 is 9.69 Å². The highest BCUT2D eigenvalue weighted by Crippen LogP contribution is 2.42. The standard InChI is InChI=1S/C20H24N2OS/c1-13-3-6-16(11-14(13)2)21-19(23)12-22-9-7-18-17(8-10-24-18)20(22)15-4-5-15/h3,6,8,10-11,15,20H,4-5,7,9,12H2,1-2H3,(H,21,23)/p+1/t20-/m1/s1. The number of anilines is 1. The highest BCUT2D eigenvalue weighted by Gasteiger charge is 2.43. The van der Waals surface area contributed by atoms with E-state index in [1.807, 2.05) is 17.4 Å². The summed E-state index contributed by atoms with van der Waals surface area (Å²) in [5, 5.41) is 5.32. The average molecular weight is 342 g/mol. The van der Waals surface area contributed by atoms with Gasteiger partial charge in [0.1, 0.15) is 6.04 Å². The second-order valence-corrected chi connectivity index (χ2v) is 8.30. The Morgan fingerprint density at radius 2 is 2.08 bits per heavy atom. The van der Waals surface area contributed by atoms with Gasteiger partial charge in [0.15, 0.2) is 6.54 Å². The highest BCUT2D eigenvalue weighted by atomic mass is 32.1. The van der Waals surface area contributed by atoms with E-state index in [0.717, 1.165) is 24.6 Å². The lowest BCUT2D eigenvalue weighted by Crippen LogP contribution is -3.14. The second kappa shape index (κ2) is 6.34. The van der Waals surface area contributed by atoms with Gasteiger partial charge in [-0.3, -0.25) is 4.79 Å². The molecule has 2 aromatic rings. The Kier molecular flexibility index (Phi) is 4.19. The van der Waals surface area contributed by atoms with Crippen molar-refractivity contribution >= 4 is 22.9 Å². The van der Waals surface area contributed by atoms with Crippen molar-refractivity contribution in [1.29, 1.82) is 0 Å². The predicted octanol–water partition coefficient (Wildman–Crippen LogP) is 2.90. The quantitative estimate of drug-likeness (QED) is 0.881. The first-order chi connectivity index (χ1) is 11.6. The molecule has 1 fully saturated rings. The molecule has 4 rings (SSSR count). The lowest BCUT2D eigenvalue weighted by atomic mass is 9.96. The first kappa shape index (κ1) is 15.9. The van der Waals surface area contributed by atoms with E-state index in [1.54, 1.807) is 4.88 Å². The molecule has 0 bridgehead atoms. The molecule has 2 heterocycles. The van der Waals surface area contributed by atoms with E-state index in [1.165, 1.54) is 34.4 Å². The number of thiophene rings is 1. The van der Waals surface area contributed by atoms with Crippen LogP contribution in [0.4, 0.5) is 5.69 Å². The van der Waals surface area contributed by atoms with Gasteiger partial charge in [-0.25, -0.2) is 0 Å². The summed E-state index contributed by atoms with van der Waals surface area (Å²) in [6, 6.07) is 8.97. The highest BCUT2D eigenvalue weighted by molar-refractivity contribution is 7.10. The molecule has 1 amide bonds. The van der Waals surface area contributed by atoms with Crippen molar-refractivity contribution in [3.05, 3.63) is 51.2 Å². The Labute approximate surface area is 147 Å². The van der Waals surface area contributed by atoms with E-state index in [0.29, 0.717) is 12.6 Å². The van der Waals surface area contributed by atoms with Gasteiger partial charge in [0.25, 0.3) is 5.91 Å². The van der Waals surface area contributed by atoms with E-state index in [4.69, 9.17) is 0 Å². The van der Waals surface area contributed by atoms with Crippen LogP contribution < -0.4 is 10.2 Å². The minimum absolute atomic E-state index is 0.137. The van der Waals surface area contributed by atoms with Crippen molar-refractivity contribution in [2.45, 2.75) is 39.2 Å². The van der Waals surface area contributed by atoms with Crippen molar-refractivity contribution in [2.24, 2.45) is 5.92 Å². The van der Waals surface area contributed by atoms with Crippen molar-refractivity contribution in [2.75, 3.05) is 18.4 Å². The maximum Gasteiger partial charge on any atom is 0.279 e. The van der Waals surface area contributed by atoms with E-state index >= 15 is 0 Å². The number of amides is 1. The topological polar surface area (TPSA) is 33.5 Å². The third-order valence-electron chi connectivity index (χ3n) is 5.50. The molecule has 126 valence electrons. The molecule has 2 atom stereocenters. The molecule has 1 aromatic heterocycles. The molecular weight excluding hydrogens is 316 g/mol. The molecule has 2 aliphatic rings. The van der Waals surface area contributed by atoms with E-state index in [9.17, 15) is 4.79 Å². The Bertz CT molecular complexity index is 763. The maximum absolute atomic E-state index is 12.6. The molecule has 1 aliphatic heterocycles. The summed E-state index contributed by atoms with van der Waals surface area (Å²) in [5.74, 6) is 0.917. The zero-order valence-corrected chi connectivity index (χ0v) is 15.2. The van der Waals surface area contributed by atoms with Crippen molar-refractivity contribution in [3.8, 4) is 0 Å². The van der Waals surface area contributed by atoms with Gasteiger partial charge in [-0.05, 0) is 61.4 Å². The van der Waals surface area contributed by atoms with Crippen LogP contribution in [-0.4, -0.2) is 19.0 Å². The minimum atomic E-state index is 0.137. The number of nitrogens with one attached hydrogen (secondary N) is 2. The fourth-order valence-corrected chi connectivity index (χ4v) is 4.86. The Balaban J connectivity index is 1.46. The van der Waals surface area contributed by atoms with Gasteiger partial charge in [0, 0.05) is 28.5 Å². The van der Waals surface area contributed by atoms with Gasteiger partial charge in [-0.1, -0.05) is 6.07 Å². The molecule has 0 spiro atoms. The fourth-order valence-electron chi connectivity index (χ4n) is 3.93. The van der Waals surface area contributed by atoms with Gasteiger partial charge < -0.3 is 10.2 Å². The van der Waals surface area contributed by atoms with Gasteiger partial charge in [0.05, 0.1) is 6.54 Å². The van der Waals surface area contributed by atoms with E-state index < -0.39 is 0 Å². The lowest BCUT2D eigenvalue weighted by Gasteiger charge is -2.32. The molecule has 24 heavy (non-hydrogen) atoms. The Hall–Kier alpha value is -1.65. The molecule has 1 aromatic carbocycles. The van der Waals surface area contributed by atoms with Gasteiger partial charge in [0.2, 0.25) is 0 Å². The third kappa shape index (κ3) is 3.13. The zero-order chi connectivity index (χ0) is 16.7. The molecule has 0 saturated heterocycles. The van der Waals surface area contributed by atoms with Crippen molar-refractivity contribution in [3.63, 3.8) is 0 Å². The average Bonchev–Trinajstić information content (AvgIpc) is 3.27. The monoisotopic (exact) mass is 341 g/mol. The molecule has 2 N–H and O–H groups in total. The molecule has 4 heteroatoms. The first-order valence-corrected chi connectivity index (χ1v) is 9.78. The van der Waals surface area contributed by atoms with Crippen LogP contribution in [0.25, 0.3) is 0 Å². The molecule has 1 saturated carbocycles. The summed E-state index contributed by atoms with van der Waals surface area (Å²) in [6.07, 6.45) is 3.76. The summed E-state index contributed by atoms with van der Waals surface area (Å²) in [4.78, 5) is 15.6. The smallest absolute Gasteiger partial charge is 0.279 e. The summed E-state index contributed by atoms with van der Waals surface area (Å²) < 4.78 is 0. The summed E-state index contributed by atoms with van der Waals surface area (Å²) in [5.41, 5.74) is 4.91. The third-order valence-corrected chi connectivity index (χ3v) is 6.50. The lowest BCUT2D eigenvalue weighted by molar-refractivity contribution is -0.928. The number of hydrogen-bond acceptors (Lipinski definition) is 2. The van der Waals surface area contributed by atoms with Crippen LogP contribution in [0.5, 0.6) is 0 Å². The van der Waals surface area contributed by atoms with Gasteiger partial charge in [-0.2, -0.15) is 0 Å². The SMILES string of the molecule is Cc1ccc(NC(=O)C[NH+]2CCc3sccc3[C@H]2C2CC2)cc1C. The number of fused-ring (bicyclic) bond motifs is 1. The zero-order valence-electron chi connectivity index (χ0n) is 14.4. The van der Waals surface area contributed by atoms with Crippen LogP contribution in [0, 0.1) is 19.8 Å². The Morgan fingerprint density at radius 1 is 1.25 bits per heavy atom. The molecule has 3 nitrogen and oxygen atoms in total. The molecular formula is C20H25N2OS+. The van der Waals surface area contributed by atoms with Crippen LogP contribution in [0.3, 0.4) is 0 Å².